The Morgan fingerprint density at radius 1 is 1.13 bits per heavy atom. The van der Waals surface area contributed by atoms with E-state index < -0.39 is 23.9 Å². The Morgan fingerprint density at radius 2 is 1.83 bits per heavy atom. The number of nitrogens with one attached hydrogen (secondary N) is 1. The predicted molar refractivity (Wildman–Crippen MR) is 107 cm³/mol. The van der Waals surface area contributed by atoms with Gasteiger partial charge in [-0.1, -0.05) is 12.1 Å². The zero-order valence-electron chi connectivity index (χ0n) is 16.1. The summed E-state index contributed by atoms with van der Waals surface area (Å²) in [5.74, 6) is 0.360. The second-order valence-electron chi connectivity index (χ2n) is 6.88. The number of carbonyl (C=O) groups excluding carboxylic acids is 1. The molecule has 0 aliphatic heterocycles. The fourth-order valence-electron chi connectivity index (χ4n) is 2.91. The highest BCUT2D eigenvalue weighted by molar-refractivity contribution is 6.00. The smallest absolute Gasteiger partial charge is 0.416 e. The van der Waals surface area contributed by atoms with E-state index in [4.69, 9.17) is 10.5 Å². The van der Waals surface area contributed by atoms with E-state index in [-0.39, 0.29) is 18.2 Å². The molecule has 30 heavy (non-hydrogen) atoms. The molecular formula is C22H21F3N2O3. The lowest BCUT2D eigenvalue weighted by Gasteiger charge is -2.19. The summed E-state index contributed by atoms with van der Waals surface area (Å²) in [7, 11) is 0. The summed E-state index contributed by atoms with van der Waals surface area (Å²) < 4.78 is 43.9. The van der Waals surface area contributed by atoms with Crippen molar-refractivity contribution in [2.24, 2.45) is 5.73 Å². The van der Waals surface area contributed by atoms with Crippen molar-refractivity contribution in [1.82, 2.24) is 5.32 Å². The van der Waals surface area contributed by atoms with Crippen LogP contribution < -0.4 is 15.8 Å². The topological polar surface area (TPSA) is 84.6 Å². The molecule has 4 N–H and O–H groups in total. The van der Waals surface area contributed by atoms with E-state index in [1.807, 2.05) is 0 Å². The van der Waals surface area contributed by atoms with Gasteiger partial charge in [0.1, 0.15) is 11.5 Å². The van der Waals surface area contributed by atoms with Gasteiger partial charge in [0.2, 0.25) is 0 Å². The number of hydrogen-bond donors (Lipinski definition) is 3. The van der Waals surface area contributed by atoms with E-state index in [2.05, 4.69) is 5.32 Å². The number of nitrogens with two attached hydrogens (primary N) is 1. The summed E-state index contributed by atoms with van der Waals surface area (Å²) in [6.45, 7) is 1.69. The normalized spacial score (nSPS) is 13.7. The van der Waals surface area contributed by atoms with Gasteiger partial charge in [-0.15, -0.1) is 0 Å². The molecule has 0 fully saturated rings. The first kappa shape index (κ1) is 21.6. The van der Waals surface area contributed by atoms with Crippen molar-refractivity contribution in [1.29, 1.82) is 0 Å². The Kier molecular flexibility index (Phi) is 6.28. The first-order valence-corrected chi connectivity index (χ1v) is 9.26. The zero-order valence-corrected chi connectivity index (χ0v) is 16.1. The van der Waals surface area contributed by atoms with Crippen LogP contribution in [0.15, 0.2) is 60.7 Å². The van der Waals surface area contributed by atoms with Gasteiger partial charge < -0.3 is 20.9 Å². The third-order valence-corrected chi connectivity index (χ3v) is 4.69. The highest BCUT2D eigenvalue weighted by atomic mass is 19.4. The average molecular weight is 418 g/mol. The van der Waals surface area contributed by atoms with Gasteiger partial charge in [0.05, 0.1) is 17.7 Å². The number of aliphatic hydroxyl groups is 1. The molecule has 0 aliphatic carbocycles. The summed E-state index contributed by atoms with van der Waals surface area (Å²) in [5.41, 5.74) is 5.04. The third kappa shape index (κ3) is 4.90. The quantitative estimate of drug-likeness (QED) is 0.563. The minimum Gasteiger partial charge on any atom is -0.457 e. The summed E-state index contributed by atoms with van der Waals surface area (Å²) >= 11 is 0. The van der Waals surface area contributed by atoms with Crippen molar-refractivity contribution < 1.29 is 27.8 Å². The van der Waals surface area contributed by atoms with Crippen LogP contribution in [0, 0.1) is 0 Å². The summed E-state index contributed by atoms with van der Waals surface area (Å²) in [4.78, 5) is 12.4. The molecule has 3 aromatic carbocycles. The van der Waals surface area contributed by atoms with Crippen molar-refractivity contribution in [3.8, 4) is 11.5 Å². The maximum Gasteiger partial charge on any atom is 0.416 e. The molecule has 0 radical (unpaired) electrons. The molecule has 0 aliphatic rings. The van der Waals surface area contributed by atoms with E-state index in [1.54, 1.807) is 43.3 Å². The molecule has 5 nitrogen and oxygen atoms in total. The monoisotopic (exact) mass is 418 g/mol. The van der Waals surface area contributed by atoms with Crippen LogP contribution in [0.2, 0.25) is 0 Å². The van der Waals surface area contributed by atoms with E-state index in [9.17, 15) is 23.1 Å². The molecule has 0 unspecified atom stereocenters. The Labute approximate surface area is 171 Å². The van der Waals surface area contributed by atoms with Crippen LogP contribution in [0.3, 0.4) is 0 Å². The van der Waals surface area contributed by atoms with E-state index >= 15 is 0 Å². The van der Waals surface area contributed by atoms with Crippen molar-refractivity contribution in [3.63, 3.8) is 0 Å². The zero-order chi connectivity index (χ0) is 21.9. The third-order valence-electron chi connectivity index (χ3n) is 4.69. The Hall–Kier alpha value is -3.10. The predicted octanol–water partition coefficient (Wildman–Crippen LogP) is 4.09. The lowest BCUT2D eigenvalue weighted by atomic mass is 10.0. The van der Waals surface area contributed by atoms with Crippen LogP contribution in [0.1, 0.15) is 22.8 Å². The van der Waals surface area contributed by atoms with Crippen molar-refractivity contribution in [2.45, 2.75) is 25.2 Å². The highest BCUT2D eigenvalue weighted by Crippen LogP contribution is 2.33. The van der Waals surface area contributed by atoms with Gasteiger partial charge in [-0.25, -0.2) is 0 Å². The molecule has 3 aromatic rings. The molecule has 3 rings (SSSR count). The van der Waals surface area contributed by atoms with Crippen molar-refractivity contribution in [2.75, 3.05) is 6.54 Å². The number of halogens is 3. The lowest BCUT2D eigenvalue weighted by molar-refractivity contribution is -0.137. The molecule has 1 amide bonds. The first-order chi connectivity index (χ1) is 14.2. The maximum atomic E-state index is 12.7. The molecule has 0 aromatic heterocycles. The van der Waals surface area contributed by atoms with Crippen LogP contribution in [0.4, 0.5) is 13.2 Å². The summed E-state index contributed by atoms with van der Waals surface area (Å²) in [5, 5.41) is 13.8. The fourth-order valence-corrected chi connectivity index (χ4v) is 2.91. The van der Waals surface area contributed by atoms with Gasteiger partial charge in [-0.05, 0) is 60.8 Å². The van der Waals surface area contributed by atoms with Gasteiger partial charge in [-0.2, -0.15) is 13.2 Å². The van der Waals surface area contributed by atoms with Crippen LogP contribution >= 0.6 is 0 Å². The van der Waals surface area contributed by atoms with E-state index in [1.165, 1.54) is 12.1 Å². The molecule has 2 atom stereocenters. The number of rotatable bonds is 6. The SMILES string of the molecule is C[C@@H](NC(=O)c1ccc2c(Oc3ccc(C(F)(F)F)cc3)cccc2c1)[C@@H](O)CN. The maximum absolute atomic E-state index is 12.7. The average Bonchev–Trinajstić information content (AvgIpc) is 2.72. The molecule has 0 saturated heterocycles. The number of alkyl halides is 3. The highest BCUT2D eigenvalue weighted by Gasteiger charge is 2.30. The van der Waals surface area contributed by atoms with Gasteiger partial charge in [0.25, 0.3) is 5.91 Å². The molecule has 0 saturated carbocycles. The number of hydrogen-bond acceptors (Lipinski definition) is 4. The molecule has 158 valence electrons. The molecule has 0 heterocycles. The number of ether oxygens (including phenoxy) is 1. The second-order valence-corrected chi connectivity index (χ2v) is 6.88. The Balaban J connectivity index is 1.82. The van der Waals surface area contributed by atoms with Gasteiger partial charge in [0.15, 0.2) is 0 Å². The first-order valence-electron chi connectivity index (χ1n) is 9.26. The Bertz CT molecular complexity index is 1040. The van der Waals surface area contributed by atoms with Crippen LogP contribution in [0.25, 0.3) is 10.8 Å². The van der Waals surface area contributed by atoms with Gasteiger partial charge in [0, 0.05) is 17.5 Å². The standard InChI is InChI=1S/C22H21F3N2O3/c1-13(19(28)12-26)27-21(29)15-5-10-18-14(11-15)3-2-4-20(18)30-17-8-6-16(7-9-17)22(23,24)25/h2-11,13,19,28H,12,26H2,1H3,(H,27,29)/t13-,19+/m1/s1. The Morgan fingerprint density at radius 3 is 2.47 bits per heavy atom. The van der Waals surface area contributed by atoms with Crippen LogP contribution in [-0.2, 0) is 6.18 Å². The molecule has 0 spiro atoms. The lowest BCUT2D eigenvalue weighted by Crippen LogP contribution is -2.44. The molecule has 0 bridgehead atoms. The number of aliphatic hydroxyl groups excluding tert-OH is 1. The number of benzene rings is 3. The van der Waals surface area contributed by atoms with Crippen molar-refractivity contribution in [3.05, 3.63) is 71.8 Å². The molecule has 8 heteroatoms. The number of carbonyl (C=O) groups is 1. The van der Waals surface area contributed by atoms with Crippen LogP contribution in [0.5, 0.6) is 11.5 Å². The minimum absolute atomic E-state index is 0.0316. The summed E-state index contributed by atoms with van der Waals surface area (Å²) in [6.07, 6.45) is -5.26. The number of fused-ring (bicyclic) bond motifs is 1. The fraction of sp³-hybridized carbons (Fsp3) is 0.227. The van der Waals surface area contributed by atoms with Crippen LogP contribution in [-0.4, -0.2) is 29.7 Å². The van der Waals surface area contributed by atoms with E-state index in [0.717, 1.165) is 17.5 Å². The van der Waals surface area contributed by atoms with E-state index in [0.29, 0.717) is 16.7 Å². The van der Waals surface area contributed by atoms with Gasteiger partial charge in [-0.3, -0.25) is 4.79 Å². The van der Waals surface area contributed by atoms with Gasteiger partial charge >= 0.3 is 6.18 Å². The second kappa shape index (κ2) is 8.73. The largest absolute Gasteiger partial charge is 0.457 e. The van der Waals surface area contributed by atoms with Crippen molar-refractivity contribution >= 4 is 16.7 Å². The molecular weight excluding hydrogens is 397 g/mol. The number of amides is 1. The minimum atomic E-state index is -4.41. The summed E-state index contributed by atoms with van der Waals surface area (Å²) in [6, 6.07) is 14.1.